The Morgan fingerprint density at radius 2 is 0.643 bits per heavy atom. The zero-order valence-corrected chi connectivity index (χ0v) is 56.0. The number of phosphoric ester groups is 1. The van der Waals surface area contributed by atoms with Crippen molar-refractivity contribution in [2.24, 2.45) is 0 Å². The molecule has 0 aliphatic rings. The summed E-state index contributed by atoms with van der Waals surface area (Å²) < 4.78 is 34.3. The molecule has 0 N–H and O–H groups in total. The molecular formula is C74H130NO8P. The quantitative estimate of drug-likeness (QED) is 0.0195. The second-order valence-corrected chi connectivity index (χ2v) is 25.5. The van der Waals surface area contributed by atoms with Gasteiger partial charge < -0.3 is 27.9 Å². The molecule has 2 unspecified atom stereocenters. The lowest BCUT2D eigenvalue weighted by Crippen LogP contribution is -2.37. The van der Waals surface area contributed by atoms with Crippen molar-refractivity contribution >= 4 is 19.8 Å². The van der Waals surface area contributed by atoms with Crippen LogP contribution < -0.4 is 4.89 Å². The smallest absolute Gasteiger partial charge is 0.306 e. The van der Waals surface area contributed by atoms with Gasteiger partial charge in [-0.25, -0.2) is 0 Å². The molecule has 0 rings (SSSR count). The second-order valence-electron chi connectivity index (χ2n) is 24.1. The van der Waals surface area contributed by atoms with E-state index in [1.54, 1.807) is 0 Å². The van der Waals surface area contributed by atoms with Crippen molar-refractivity contribution in [1.82, 2.24) is 0 Å². The molecule has 0 spiro atoms. The van der Waals surface area contributed by atoms with E-state index in [1.165, 1.54) is 161 Å². The Morgan fingerprint density at radius 3 is 0.952 bits per heavy atom. The van der Waals surface area contributed by atoms with Gasteiger partial charge in [0, 0.05) is 12.8 Å². The lowest BCUT2D eigenvalue weighted by molar-refractivity contribution is -0.870. The average molecular weight is 1190 g/mol. The largest absolute Gasteiger partial charge is 0.756 e. The molecule has 0 radical (unpaired) electrons. The van der Waals surface area contributed by atoms with Crippen LogP contribution in [0.4, 0.5) is 0 Å². The molecule has 0 aliphatic carbocycles. The summed E-state index contributed by atoms with van der Waals surface area (Å²) in [5.74, 6) is -0.834. The van der Waals surface area contributed by atoms with Crippen LogP contribution in [0, 0.1) is 0 Å². The number of hydrogen-bond donors (Lipinski definition) is 0. The van der Waals surface area contributed by atoms with E-state index in [2.05, 4.69) is 123 Å². The van der Waals surface area contributed by atoms with Crippen molar-refractivity contribution in [1.29, 1.82) is 0 Å². The van der Waals surface area contributed by atoms with Crippen LogP contribution in [0.15, 0.2) is 109 Å². The highest BCUT2D eigenvalue weighted by Gasteiger charge is 2.22. The molecule has 0 amide bonds. The van der Waals surface area contributed by atoms with Crippen molar-refractivity contribution < 1.29 is 42.1 Å². The van der Waals surface area contributed by atoms with Gasteiger partial charge in [0.2, 0.25) is 0 Å². The van der Waals surface area contributed by atoms with Gasteiger partial charge in [-0.2, -0.15) is 0 Å². The minimum absolute atomic E-state index is 0.0351. The Morgan fingerprint density at radius 1 is 0.369 bits per heavy atom. The van der Waals surface area contributed by atoms with Crippen molar-refractivity contribution in [2.45, 2.75) is 302 Å². The molecule has 0 heterocycles. The maximum absolute atomic E-state index is 12.9. The van der Waals surface area contributed by atoms with Gasteiger partial charge in [-0.05, 0) is 96.3 Å². The number of carbonyl (C=O) groups is 2. The molecule has 0 fully saturated rings. The third kappa shape index (κ3) is 67.8. The fourth-order valence-electron chi connectivity index (χ4n) is 9.56. The standard InChI is InChI=1S/C74H130NO8P/c1-6-8-10-12-14-16-18-20-22-24-26-28-30-32-33-34-35-36-37-38-39-40-41-43-44-46-48-50-52-54-56-58-60-62-64-66-73(76)80-70-72(71-82-84(78,79)81-69-68-75(3,4)5)83-74(77)67-65-63-61-59-57-55-53-51-49-47-45-42-31-29-27-25-23-21-19-17-15-13-11-9-7-2/h8-11,14-17,20-23,26-29,42,45,72H,6-7,12-13,18-19,24-25,30-41,43-44,46-71H2,1-5H3/b10-8-,11-9-,16-14-,17-15-,22-20-,23-21-,28-26-,29-27-,45-42-. The highest BCUT2D eigenvalue weighted by molar-refractivity contribution is 7.45. The topological polar surface area (TPSA) is 111 Å². The first-order valence-corrected chi connectivity index (χ1v) is 36.1. The number of rotatable bonds is 63. The fourth-order valence-corrected chi connectivity index (χ4v) is 10.3. The van der Waals surface area contributed by atoms with Crippen LogP contribution in [0.25, 0.3) is 0 Å². The first kappa shape index (κ1) is 80.7. The minimum Gasteiger partial charge on any atom is -0.756 e. The second kappa shape index (κ2) is 64.2. The molecular weight excluding hydrogens is 1060 g/mol. The van der Waals surface area contributed by atoms with Crippen molar-refractivity contribution in [3.63, 3.8) is 0 Å². The van der Waals surface area contributed by atoms with Crippen LogP contribution >= 0.6 is 7.82 Å². The first-order valence-electron chi connectivity index (χ1n) is 34.6. The average Bonchev–Trinajstić information content (AvgIpc) is 3.60. The van der Waals surface area contributed by atoms with Crippen LogP contribution in [0.2, 0.25) is 0 Å². The monoisotopic (exact) mass is 1190 g/mol. The van der Waals surface area contributed by atoms with Gasteiger partial charge in [0.15, 0.2) is 6.10 Å². The normalized spacial score (nSPS) is 13.8. The van der Waals surface area contributed by atoms with Gasteiger partial charge in [0.1, 0.15) is 19.8 Å². The number of likely N-dealkylation sites (N-methyl/N-ethyl adjacent to an activating group) is 1. The van der Waals surface area contributed by atoms with Crippen molar-refractivity contribution in [3.05, 3.63) is 109 Å². The minimum atomic E-state index is -4.65. The van der Waals surface area contributed by atoms with E-state index in [0.29, 0.717) is 17.4 Å². The summed E-state index contributed by atoms with van der Waals surface area (Å²) in [5, 5.41) is 0. The number of quaternary nitrogens is 1. The molecule has 0 saturated carbocycles. The van der Waals surface area contributed by atoms with E-state index in [-0.39, 0.29) is 32.0 Å². The molecule has 0 aliphatic heterocycles. The maximum atomic E-state index is 12.9. The molecule has 0 aromatic rings. The van der Waals surface area contributed by atoms with Crippen LogP contribution in [0.5, 0.6) is 0 Å². The number of esters is 2. The predicted octanol–water partition coefficient (Wildman–Crippen LogP) is 21.9. The summed E-state index contributed by atoms with van der Waals surface area (Å²) in [6.07, 6.45) is 90.3. The number of ether oxygens (including phenoxy) is 2. The van der Waals surface area contributed by atoms with E-state index < -0.39 is 26.5 Å². The number of nitrogens with zero attached hydrogens (tertiary/aromatic N) is 1. The molecule has 0 aromatic carbocycles. The summed E-state index contributed by atoms with van der Waals surface area (Å²) in [5.41, 5.74) is 0. The van der Waals surface area contributed by atoms with Gasteiger partial charge in [-0.1, -0.05) is 297 Å². The lowest BCUT2D eigenvalue weighted by Gasteiger charge is -2.28. The Kier molecular flexibility index (Phi) is 61.6. The van der Waals surface area contributed by atoms with E-state index in [4.69, 9.17) is 18.5 Å². The van der Waals surface area contributed by atoms with Gasteiger partial charge >= 0.3 is 11.9 Å². The number of allylic oxidation sites excluding steroid dienone is 18. The predicted molar refractivity (Wildman–Crippen MR) is 360 cm³/mol. The molecule has 9 nitrogen and oxygen atoms in total. The summed E-state index contributed by atoms with van der Waals surface area (Å²) >= 11 is 0. The summed E-state index contributed by atoms with van der Waals surface area (Å²) in [4.78, 5) is 38.1. The van der Waals surface area contributed by atoms with Gasteiger partial charge in [-0.15, -0.1) is 0 Å². The Hall–Kier alpha value is -3.33. The van der Waals surface area contributed by atoms with Crippen molar-refractivity contribution in [3.8, 4) is 0 Å². The van der Waals surface area contributed by atoms with E-state index in [9.17, 15) is 19.0 Å². The first-order chi connectivity index (χ1) is 41.0. The lowest BCUT2D eigenvalue weighted by atomic mass is 10.0. The third-order valence-electron chi connectivity index (χ3n) is 14.8. The number of phosphoric acid groups is 1. The van der Waals surface area contributed by atoms with Gasteiger partial charge in [-0.3, -0.25) is 14.2 Å². The highest BCUT2D eigenvalue weighted by Crippen LogP contribution is 2.38. The molecule has 484 valence electrons. The number of hydrogen-bond acceptors (Lipinski definition) is 8. The molecule has 0 aromatic heterocycles. The van der Waals surface area contributed by atoms with Crippen LogP contribution in [-0.2, 0) is 32.7 Å². The zero-order valence-electron chi connectivity index (χ0n) is 55.1. The maximum Gasteiger partial charge on any atom is 0.306 e. The Bertz CT molecular complexity index is 1790. The van der Waals surface area contributed by atoms with Gasteiger partial charge in [0.25, 0.3) is 7.82 Å². The summed E-state index contributed by atoms with van der Waals surface area (Å²) in [7, 11) is 1.16. The van der Waals surface area contributed by atoms with E-state index in [1.807, 2.05) is 21.1 Å². The highest BCUT2D eigenvalue weighted by atomic mass is 31.2. The molecule has 84 heavy (non-hydrogen) atoms. The SMILES string of the molecule is CC/C=C\C/C=C\C/C=C\C/C=C\C/C=C\CCCCCCCCCCCC(=O)OC(COC(=O)CCCCCCCCCCCCCCCCCCCCCCCC/C=C\C/C=C\C/C=C\C/C=C\CC)COP(=O)([O-])OCC[N+](C)(C)C. The van der Waals surface area contributed by atoms with E-state index in [0.717, 1.165) is 103 Å². The van der Waals surface area contributed by atoms with Crippen molar-refractivity contribution in [2.75, 3.05) is 47.5 Å². The molecule has 0 saturated heterocycles. The Labute approximate surface area is 518 Å². The zero-order chi connectivity index (χ0) is 61.2. The third-order valence-corrected chi connectivity index (χ3v) is 15.8. The Balaban J connectivity index is 4.02. The molecule has 10 heteroatoms. The van der Waals surface area contributed by atoms with Crippen LogP contribution in [0.3, 0.4) is 0 Å². The summed E-state index contributed by atoms with van der Waals surface area (Å²) in [6.45, 7) is 4.03. The molecule has 0 bridgehead atoms. The van der Waals surface area contributed by atoms with E-state index >= 15 is 0 Å². The number of unbranched alkanes of at least 4 members (excludes halogenated alkanes) is 31. The molecule has 2 atom stereocenters. The summed E-state index contributed by atoms with van der Waals surface area (Å²) in [6, 6.07) is 0. The van der Waals surface area contributed by atoms with Crippen LogP contribution in [-0.4, -0.2) is 70.0 Å². The van der Waals surface area contributed by atoms with Crippen LogP contribution in [0.1, 0.15) is 296 Å². The van der Waals surface area contributed by atoms with Gasteiger partial charge in [0.05, 0.1) is 27.7 Å². The fraction of sp³-hybridized carbons (Fsp3) is 0.730. The number of carbonyl (C=O) groups excluding carboxylic acids is 2.